The Kier molecular flexibility index (Phi) is 6.90. The van der Waals surface area contributed by atoms with Crippen molar-refractivity contribution in [2.45, 2.75) is 47.1 Å². The van der Waals surface area contributed by atoms with Gasteiger partial charge in [0.1, 0.15) is 11.8 Å². The van der Waals surface area contributed by atoms with Gasteiger partial charge in [-0.3, -0.25) is 4.79 Å². The van der Waals surface area contributed by atoms with E-state index < -0.39 is 11.5 Å². The highest BCUT2D eigenvalue weighted by Crippen LogP contribution is 2.39. The quantitative estimate of drug-likeness (QED) is 0.765. The van der Waals surface area contributed by atoms with E-state index in [0.717, 1.165) is 22.5 Å². The van der Waals surface area contributed by atoms with Gasteiger partial charge in [-0.05, 0) is 36.6 Å². The molecular formula is C23H33N3O3. The molecule has 1 unspecified atom stereocenters. The number of hydrogen-bond donors (Lipinski definition) is 2. The number of amides is 1. The first kappa shape index (κ1) is 22.7. The van der Waals surface area contributed by atoms with Gasteiger partial charge < -0.3 is 20.1 Å². The molecule has 0 aliphatic rings. The lowest BCUT2D eigenvalue weighted by Crippen LogP contribution is -2.29. The zero-order valence-electron chi connectivity index (χ0n) is 18.8. The molecule has 0 spiro atoms. The molecule has 0 aliphatic heterocycles. The summed E-state index contributed by atoms with van der Waals surface area (Å²) < 4.78 is 5.48. The van der Waals surface area contributed by atoms with Gasteiger partial charge in [0, 0.05) is 36.5 Å². The number of benzene rings is 1. The number of pyridine rings is 1. The first-order chi connectivity index (χ1) is 13.5. The third-order valence-electron chi connectivity index (χ3n) is 4.96. The number of aryl methyl sites for hydroxylation is 1. The van der Waals surface area contributed by atoms with Crippen LogP contribution in [0.4, 0.5) is 11.4 Å². The maximum atomic E-state index is 12.8. The summed E-state index contributed by atoms with van der Waals surface area (Å²) in [7, 11) is 5.43. The number of nitrogens with zero attached hydrogens (tertiary/aromatic N) is 2. The van der Waals surface area contributed by atoms with Gasteiger partial charge in [-0.15, -0.1) is 0 Å². The molecule has 1 aromatic heterocycles. The number of carbonyl (C=O) groups excluding carboxylic acids is 1. The van der Waals surface area contributed by atoms with Crippen LogP contribution in [-0.2, 0) is 11.2 Å². The lowest BCUT2D eigenvalue weighted by atomic mass is 9.91. The Hall–Kier alpha value is -2.60. The zero-order valence-corrected chi connectivity index (χ0v) is 18.8. The van der Waals surface area contributed by atoms with Crippen LogP contribution in [0.25, 0.3) is 0 Å². The molecule has 1 atom stereocenters. The molecule has 0 aliphatic carbocycles. The SMILES string of the molecule is CCc1c(C)nc(OC)c(NC(=O)C(C)(C)C)c1C(O)c1cccc(N(C)C)c1. The number of aliphatic hydroxyl groups excluding tert-OH is 1. The van der Waals surface area contributed by atoms with Gasteiger partial charge in [0.05, 0.1) is 7.11 Å². The van der Waals surface area contributed by atoms with Crippen LogP contribution in [0.2, 0.25) is 0 Å². The van der Waals surface area contributed by atoms with Gasteiger partial charge in [-0.1, -0.05) is 39.8 Å². The first-order valence-electron chi connectivity index (χ1n) is 9.85. The van der Waals surface area contributed by atoms with E-state index in [-0.39, 0.29) is 5.91 Å². The van der Waals surface area contributed by atoms with Crippen molar-refractivity contribution >= 4 is 17.3 Å². The Morgan fingerprint density at radius 3 is 2.48 bits per heavy atom. The van der Waals surface area contributed by atoms with Crippen molar-refractivity contribution < 1.29 is 14.6 Å². The number of aromatic nitrogens is 1. The molecule has 29 heavy (non-hydrogen) atoms. The zero-order chi connectivity index (χ0) is 21.9. The molecule has 2 rings (SSSR count). The van der Waals surface area contributed by atoms with Crippen LogP contribution in [0.3, 0.4) is 0 Å². The Morgan fingerprint density at radius 2 is 1.97 bits per heavy atom. The number of ether oxygens (including phenoxy) is 1. The summed E-state index contributed by atoms with van der Waals surface area (Å²) in [5, 5.41) is 14.4. The molecule has 1 amide bonds. The minimum atomic E-state index is -0.935. The summed E-state index contributed by atoms with van der Waals surface area (Å²) in [4.78, 5) is 19.3. The second-order valence-corrected chi connectivity index (χ2v) is 8.42. The monoisotopic (exact) mass is 399 g/mol. The first-order valence-corrected chi connectivity index (χ1v) is 9.85. The van der Waals surface area contributed by atoms with Crippen molar-refractivity contribution in [3.05, 3.63) is 46.6 Å². The minimum absolute atomic E-state index is 0.168. The highest BCUT2D eigenvalue weighted by Gasteiger charge is 2.29. The Bertz CT molecular complexity index is 886. The van der Waals surface area contributed by atoms with Gasteiger partial charge in [-0.25, -0.2) is 4.98 Å². The van der Waals surface area contributed by atoms with Crippen molar-refractivity contribution in [2.24, 2.45) is 5.41 Å². The largest absolute Gasteiger partial charge is 0.479 e. The Labute approximate surface area is 173 Å². The summed E-state index contributed by atoms with van der Waals surface area (Å²) in [6.45, 7) is 9.43. The highest BCUT2D eigenvalue weighted by atomic mass is 16.5. The molecule has 1 aromatic carbocycles. The maximum absolute atomic E-state index is 12.8. The summed E-state index contributed by atoms with van der Waals surface area (Å²) in [6, 6.07) is 7.73. The van der Waals surface area contributed by atoms with E-state index in [0.29, 0.717) is 23.6 Å². The predicted octanol–water partition coefficient (Wildman–Crippen LogP) is 4.09. The second-order valence-electron chi connectivity index (χ2n) is 8.42. The summed E-state index contributed by atoms with van der Waals surface area (Å²) in [5.74, 6) is 0.133. The number of nitrogens with one attached hydrogen (secondary N) is 1. The molecule has 158 valence electrons. The molecule has 0 bridgehead atoms. The van der Waals surface area contributed by atoms with Crippen molar-refractivity contribution in [3.63, 3.8) is 0 Å². The fraction of sp³-hybridized carbons (Fsp3) is 0.478. The van der Waals surface area contributed by atoms with Crippen molar-refractivity contribution in [1.82, 2.24) is 4.98 Å². The lowest BCUT2D eigenvalue weighted by molar-refractivity contribution is -0.123. The number of aliphatic hydroxyl groups is 1. The summed E-state index contributed by atoms with van der Waals surface area (Å²) in [6.07, 6.45) is -0.267. The molecule has 6 nitrogen and oxygen atoms in total. The third-order valence-corrected chi connectivity index (χ3v) is 4.96. The van der Waals surface area contributed by atoms with Gasteiger partial charge in [0.2, 0.25) is 11.8 Å². The highest BCUT2D eigenvalue weighted by molar-refractivity contribution is 5.96. The van der Waals surface area contributed by atoms with E-state index in [1.54, 1.807) is 0 Å². The van der Waals surface area contributed by atoms with Crippen LogP contribution in [0.15, 0.2) is 24.3 Å². The van der Waals surface area contributed by atoms with E-state index in [9.17, 15) is 9.90 Å². The topological polar surface area (TPSA) is 74.7 Å². The molecule has 2 N–H and O–H groups in total. The van der Waals surface area contributed by atoms with Crippen LogP contribution >= 0.6 is 0 Å². The van der Waals surface area contributed by atoms with Crippen LogP contribution < -0.4 is 15.0 Å². The van der Waals surface area contributed by atoms with Gasteiger partial charge >= 0.3 is 0 Å². The standard InChI is InChI=1S/C23H33N3O3/c1-9-17-14(2)24-21(29-8)19(25-22(28)23(3,4)5)18(17)20(27)15-11-10-12-16(13-15)26(6)7/h10-13,20,27H,9H2,1-8H3,(H,25,28). The average Bonchev–Trinajstić information content (AvgIpc) is 2.67. The Morgan fingerprint density at radius 1 is 1.31 bits per heavy atom. The smallest absolute Gasteiger partial charge is 0.238 e. The molecule has 2 aromatic rings. The summed E-state index contributed by atoms with van der Waals surface area (Å²) >= 11 is 0. The summed E-state index contributed by atoms with van der Waals surface area (Å²) in [5.41, 5.74) is 3.86. The van der Waals surface area contributed by atoms with Gasteiger partial charge in [0.25, 0.3) is 0 Å². The number of carbonyl (C=O) groups is 1. The normalized spacial score (nSPS) is 12.4. The molecular weight excluding hydrogens is 366 g/mol. The number of methoxy groups -OCH3 is 1. The van der Waals surface area contributed by atoms with Crippen molar-refractivity contribution in [1.29, 1.82) is 0 Å². The predicted molar refractivity (Wildman–Crippen MR) is 118 cm³/mol. The van der Waals surface area contributed by atoms with E-state index in [2.05, 4.69) is 10.3 Å². The molecule has 0 saturated carbocycles. The molecule has 0 saturated heterocycles. The third kappa shape index (κ3) is 4.88. The average molecular weight is 400 g/mol. The number of rotatable bonds is 6. The number of hydrogen-bond acceptors (Lipinski definition) is 5. The maximum Gasteiger partial charge on any atom is 0.238 e. The fourth-order valence-corrected chi connectivity index (χ4v) is 3.19. The van der Waals surface area contributed by atoms with Crippen LogP contribution in [0.1, 0.15) is 56.2 Å². The van der Waals surface area contributed by atoms with Gasteiger partial charge in [-0.2, -0.15) is 0 Å². The lowest BCUT2D eigenvalue weighted by Gasteiger charge is -2.26. The number of anilines is 2. The van der Waals surface area contributed by atoms with Crippen LogP contribution in [0.5, 0.6) is 5.88 Å². The molecule has 0 fully saturated rings. The fourth-order valence-electron chi connectivity index (χ4n) is 3.19. The van der Waals surface area contributed by atoms with Crippen LogP contribution in [-0.4, -0.2) is 37.2 Å². The van der Waals surface area contributed by atoms with Crippen LogP contribution in [0, 0.1) is 12.3 Å². The van der Waals surface area contributed by atoms with Crippen molar-refractivity contribution in [2.75, 3.05) is 31.4 Å². The Balaban J connectivity index is 2.71. The minimum Gasteiger partial charge on any atom is -0.479 e. The van der Waals surface area contributed by atoms with E-state index in [1.807, 2.05) is 77.9 Å². The van der Waals surface area contributed by atoms with E-state index >= 15 is 0 Å². The van der Waals surface area contributed by atoms with Crippen molar-refractivity contribution in [3.8, 4) is 5.88 Å². The second kappa shape index (κ2) is 8.82. The van der Waals surface area contributed by atoms with E-state index in [4.69, 9.17) is 4.74 Å². The molecule has 0 radical (unpaired) electrons. The molecule has 6 heteroatoms. The van der Waals surface area contributed by atoms with E-state index in [1.165, 1.54) is 7.11 Å². The van der Waals surface area contributed by atoms with Gasteiger partial charge in [0.15, 0.2) is 0 Å². The molecule has 1 heterocycles.